The molecular weight excluding hydrogens is 198 g/mol. The monoisotopic (exact) mass is 211 g/mol. The zero-order chi connectivity index (χ0) is 10.3. The maximum Gasteiger partial charge on any atom is 0.175 e. The minimum atomic E-state index is -3.11. The van der Waals surface area contributed by atoms with E-state index in [0.717, 1.165) is 24.0 Å². The highest BCUT2D eigenvalue weighted by molar-refractivity contribution is 7.90. The smallest absolute Gasteiger partial charge is 0.175 e. The molecule has 4 heteroatoms. The van der Waals surface area contributed by atoms with Crippen LogP contribution in [0.3, 0.4) is 0 Å². The second-order valence-electron chi connectivity index (χ2n) is 3.74. The van der Waals surface area contributed by atoms with E-state index >= 15 is 0 Å². The highest BCUT2D eigenvalue weighted by atomic mass is 32.2. The molecule has 76 valence electrons. The van der Waals surface area contributed by atoms with E-state index in [-0.39, 0.29) is 6.04 Å². The number of sulfone groups is 1. The Bertz CT molecular complexity index is 465. The molecule has 0 aliphatic heterocycles. The van der Waals surface area contributed by atoms with Gasteiger partial charge in [0.2, 0.25) is 0 Å². The molecule has 0 saturated carbocycles. The fraction of sp³-hybridized carbons (Fsp3) is 0.400. The molecule has 2 rings (SSSR count). The Labute approximate surface area is 83.9 Å². The van der Waals surface area contributed by atoms with Crippen LogP contribution in [0.25, 0.3) is 0 Å². The number of nitrogens with two attached hydrogens (primary N) is 1. The van der Waals surface area contributed by atoms with Crippen LogP contribution in [0.4, 0.5) is 0 Å². The lowest BCUT2D eigenvalue weighted by atomic mass is 10.1. The molecule has 1 aliphatic rings. The molecule has 0 aromatic heterocycles. The van der Waals surface area contributed by atoms with E-state index in [9.17, 15) is 8.42 Å². The summed E-state index contributed by atoms with van der Waals surface area (Å²) in [5, 5.41) is 0. The van der Waals surface area contributed by atoms with Crippen LogP contribution in [0.15, 0.2) is 23.1 Å². The van der Waals surface area contributed by atoms with Gasteiger partial charge in [0.15, 0.2) is 9.84 Å². The predicted octanol–water partition coefficient (Wildman–Crippen LogP) is 1.04. The SMILES string of the molecule is CS(=O)(=O)c1cccc2c1CC[C@H]2N. The molecule has 0 amide bonds. The molecule has 3 nitrogen and oxygen atoms in total. The third kappa shape index (κ3) is 1.44. The summed E-state index contributed by atoms with van der Waals surface area (Å²) in [4.78, 5) is 0.447. The summed E-state index contributed by atoms with van der Waals surface area (Å²) in [7, 11) is -3.11. The van der Waals surface area contributed by atoms with Crippen LogP contribution in [-0.4, -0.2) is 14.7 Å². The summed E-state index contributed by atoms with van der Waals surface area (Å²) >= 11 is 0. The van der Waals surface area contributed by atoms with Crippen LogP contribution in [0, 0.1) is 0 Å². The van der Waals surface area contributed by atoms with Gasteiger partial charge in [0.25, 0.3) is 0 Å². The lowest BCUT2D eigenvalue weighted by Crippen LogP contribution is -2.06. The zero-order valence-electron chi connectivity index (χ0n) is 8.03. The average Bonchev–Trinajstić information content (AvgIpc) is 2.46. The summed E-state index contributed by atoms with van der Waals surface area (Å²) in [6.45, 7) is 0. The van der Waals surface area contributed by atoms with Crippen molar-refractivity contribution in [3.05, 3.63) is 29.3 Å². The number of rotatable bonds is 1. The van der Waals surface area contributed by atoms with Crippen LogP contribution in [0.1, 0.15) is 23.6 Å². The summed E-state index contributed by atoms with van der Waals surface area (Å²) in [6, 6.07) is 5.35. The number of fused-ring (bicyclic) bond motifs is 1. The van der Waals surface area contributed by atoms with Crippen molar-refractivity contribution in [2.75, 3.05) is 6.26 Å². The highest BCUT2D eigenvalue weighted by Gasteiger charge is 2.24. The molecule has 0 bridgehead atoms. The largest absolute Gasteiger partial charge is 0.324 e. The summed E-state index contributed by atoms with van der Waals surface area (Å²) in [5.41, 5.74) is 7.78. The molecule has 0 unspecified atom stereocenters. The lowest BCUT2D eigenvalue weighted by Gasteiger charge is -2.07. The first-order valence-electron chi connectivity index (χ1n) is 4.57. The van der Waals surface area contributed by atoms with Gasteiger partial charge < -0.3 is 5.73 Å². The van der Waals surface area contributed by atoms with Crippen molar-refractivity contribution in [1.82, 2.24) is 0 Å². The van der Waals surface area contributed by atoms with Crippen molar-refractivity contribution in [3.8, 4) is 0 Å². The van der Waals surface area contributed by atoms with Crippen molar-refractivity contribution < 1.29 is 8.42 Å². The fourth-order valence-electron chi connectivity index (χ4n) is 2.00. The zero-order valence-corrected chi connectivity index (χ0v) is 8.84. The third-order valence-electron chi connectivity index (χ3n) is 2.67. The van der Waals surface area contributed by atoms with Gasteiger partial charge in [-0.05, 0) is 30.0 Å². The van der Waals surface area contributed by atoms with E-state index in [1.807, 2.05) is 6.07 Å². The summed E-state index contributed by atoms with van der Waals surface area (Å²) in [6.07, 6.45) is 2.87. The molecule has 0 saturated heterocycles. The Morgan fingerprint density at radius 2 is 2.14 bits per heavy atom. The lowest BCUT2D eigenvalue weighted by molar-refractivity contribution is 0.601. The van der Waals surface area contributed by atoms with Crippen molar-refractivity contribution in [2.24, 2.45) is 5.73 Å². The second-order valence-corrected chi connectivity index (χ2v) is 5.73. The topological polar surface area (TPSA) is 60.2 Å². The Kier molecular flexibility index (Phi) is 2.12. The van der Waals surface area contributed by atoms with E-state index in [0.29, 0.717) is 4.90 Å². The van der Waals surface area contributed by atoms with E-state index < -0.39 is 9.84 Å². The average molecular weight is 211 g/mol. The molecule has 1 aromatic carbocycles. The first-order valence-corrected chi connectivity index (χ1v) is 6.46. The van der Waals surface area contributed by atoms with Crippen LogP contribution < -0.4 is 5.73 Å². The summed E-state index contributed by atoms with van der Waals surface area (Å²) in [5.74, 6) is 0. The molecular formula is C10H13NO2S. The van der Waals surface area contributed by atoms with Crippen molar-refractivity contribution in [1.29, 1.82) is 0 Å². The van der Waals surface area contributed by atoms with Gasteiger partial charge in [0, 0.05) is 12.3 Å². The molecule has 1 aliphatic carbocycles. The van der Waals surface area contributed by atoms with Crippen molar-refractivity contribution in [3.63, 3.8) is 0 Å². The van der Waals surface area contributed by atoms with E-state index in [4.69, 9.17) is 5.73 Å². The Morgan fingerprint density at radius 1 is 1.43 bits per heavy atom. The predicted molar refractivity (Wildman–Crippen MR) is 54.8 cm³/mol. The van der Waals surface area contributed by atoms with Crippen LogP contribution in [-0.2, 0) is 16.3 Å². The van der Waals surface area contributed by atoms with Gasteiger partial charge in [-0.15, -0.1) is 0 Å². The van der Waals surface area contributed by atoms with E-state index in [2.05, 4.69) is 0 Å². The molecule has 1 aromatic rings. The van der Waals surface area contributed by atoms with Gasteiger partial charge in [-0.25, -0.2) is 8.42 Å². The van der Waals surface area contributed by atoms with Crippen LogP contribution in [0.5, 0.6) is 0 Å². The molecule has 14 heavy (non-hydrogen) atoms. The van der Waals surface area contributed by atoms with E-state index in [1.165, 1.54) is 6.26 Å². The van der Waals surface area contributed by atoms with Gasteiger partial charge in [-0.2, -0.15) is 0 Å². The normalized spacial score (nSPS) is 20.9. The molecule has 0 spiro atoms. The minimum absolute atomic E-state index is 0.00620. The first-order chi connectivity index (χ1) is 6.50. The maximum absolute atomic E-state index is 11.5. The first kappa shape index (κ1) is 9.68. The van der Waals surface area contributed by atoms with Gasteiger partial charge >= 0.3 is 0 Å². The van der Waals surface area contributed by atoms with Gasteiger partial charge in [-0.1, -0.05) is 12.1 Å². The molecule has 1 atom stereocenters. The van der Waals surface area contributed by atoms with Crippen LogP contribution in [0.2, 0.25) is 0 Å². The van der Waals surface area contributed by atoms with Gasteiger partial charge in [0.1, 0.15) is 0 Å². The Balaban J connectivity index is 2.67. The van der Waals surface area contributed by atoms with Crippen molar-refractivity contribution >= 4 is 9.84 Å². The number of benzene rings is 1. The number of hydrogen-bond acceptors (Lipinski definition) is 3. The number of hydrogen-bond donors (Lipinski definition) is 1. The molecule has 0 fully saturated rings. The maximum atomic E-state index is 11.5. The molecule has 0 heterocycles. The van der Waals surface area contributed by atoms with Crippen LogP contribution >= 0.6 is 0 Å². The Morgan fingerprint density at radius 3 is 2.79 bits per heavy atom. The van der Waals surface area contributed by atoms with Gasteiger partial charge in [-0.3, -0.25) is 0 Å². The Hall–Kier alpha value is -0.870. The molecule has 2 N–H and O–H groups in total. The van der Waals surface area contributed by atoms with Gasteiger partial charge in [0.05, 0.1) is 4.90 Å². The second kappa shape index (κ2) is 3.07. The third-order valence-corrected chi connectivity index (χ3v) is 3.85. The molecule has 0 radical (unpaired) electrons. The highest BCUT2D eigenvalue weighted by Crippen LogP contribution is 2.33. The quantitative estimate of drug-likeness (QED) is 0.755. The van der Waals surface area contributed by atoms with Crippen molar-refractivity contribution in [2.45, 2.75) is 23.8 Å². The summed E-state index contributed by atoms with van der Waals surface area (Å²) < 4.78 is 22.9. The fourth-order valence-corrected chi connectivity index (χ4v) is 2.99. The standard InChI is InChI=1S/C10H13NO2S/c1-14(12,13)10-4-2-3-7-8(10)5-6-9(7)11/h2-4,9H,5-6,11H2,1H3/t9-/m1/s1. The van der Waals surface area contributed by atoms with E-state index in [1.54, 1.807) is 12.1 Å². The minimum Gasteiger partial charge on any atom is -0.324 e.